The van der Waals surface area contributed by atoms with Crippen LogP contribution in [0.4, 0.5) is 0 Å². The van der Waals surface area contributed by atoms with Crippen LogP contribution in [0.2, 0.25) is 0 Å². The summed E-state index contributed by atoms with van der Waals surface area (Å²) in [5.41, 5.74) is 14.7. The van der Waals surface area contributed by atoms with E-state index in [4.69, 9.17) is 14.7 Å². The highest BCUT2D eigenvalue weighted by Crippen LogP contribution is 2.54. The Morgan fingerprint density at radius 3 is 2.17 bits per heavy atom. The largest absolute Gasteiger partial charge is 0.464 e. The average Bonchev–Trinajstić information content (AvgIpc) is 3.72. The lowest BCUT2D eigenvalue weighted by Crippen LogP contribution is -2.40. The van der Waals surface area contributed by atoms with Crippen LogP contribution in [0, 0.1) is 20.8 Å². The molecule has 0 bridgehead atoms. The van der Waals surface area contributed by atoms with Crippen molar-refractivity contribution in [2.45, 2.75) is 118 Å². The molecule has 5 aromatic carbocycles. The molecule has 4 heteroatoms. The van der Waals surface area contributed by atoms with E-state index in [1.54, 1.807) is 0 Å². The Morgan fingerprint density at radius 2 is 1.47 bits per heavy atom. The van der Waals surface area contributed by atoms with Crippen LogP contribution in [0.1, 0.15) is 127 Å². The van der Waals surface area contributed by atoms with E-state index in [-0.39, 0.29) is 17.3 Å². The number of ether oxygens (including phenoxy) is 1. The van der Waals surface area contributed by atoms with E-state index in [2.05, 4.69) is 157 Å². The van der Waals surface area contributed by atoms with Gasteiger partial charge in [0.25, 0.3) is 0 Å². The van der Waals surface area contributed by atoms with Gasteiger partial charge in [0.2, 0.25) is 5.90 Å². The van der Waals surface area contributed by atoms with Crippen molar-refractivity contribution in [1.82, 2.24) is 9.55 Å². The van der Waals surface area contributed by atoms with Gasteiger partial charge in [-0.3, -0.25) is 4.98 Å². The number of hydrogen-bond acceptors (Lipinski definition) is 3. The van der Waals surface area contributed by atoms with E-state index in [0.29, 0.717) is 11.5 Å². The second-order valence-electron chi connectivity index (χ2n) is 18.8. The third-order valence-corrected chi connectivity index (χ3v) is 13.1. The molecule has 0 fully saturated rings. The summed E-state index contributed by atoms with van der Waals surface area (Å²) in [5.74, 6) is 1.03. The van der Waals surface area contributed by atoms with Crippen LogP contribution in [-0.2, 0) is 22.1 Å². The maximum atomic E-state index is 9.70. The first-order chi connectivity index (χ1) is 28.2. The summed E-state index contributed by atoms with van der Waals surface area (Å²) >= 11 is 0. The van der Waals surface area contributed by atoms with Crippen molar-refractivity contribution in [3.8, 4) is 28.1 Å². The lowest BCUT2D eigenvalue weighted by molar-refractivity contribution is 0.0451. The molecule has 4 nitrogen and oxygen atoms in total. The average molecular weight is 766 g/mol. The van der Waals surface area contributed by atoms with Gasteiger partial charge in [0.05, 0.1) is 16.7 Å². The fourth-order valence-electron chi connectivity index (χ4n) is 9.35. The van der Waals surface area contributed by atoms with Gasteiger partial charge in [-0.1, -0.05) is 103 Å². The minimum Gasteiger partial charge on any atom is -0.464 e. The minimum atomic E-state index is -1.76. The monoisotopic (exact) mass is 765 g/mol. The first kappa shape index (κ1) is 35.7. The summed E-state index contributed by atoms with van der Waals surface area (Å²) in [6.45, 7) is 26.0. The van der Waals surface area contributed by atoms with Crippen LogP contribution in [0.25, 0.3) is 49.9 Å². The molecule has 0 radical (unpaired) electrons. The molecule has 58 heavy (non-hydrogen) atoms. The van der Waals surface area contributed by atoms with E-state index in [1.807, 2.05) is 33.9 Å². The van der Waals surface area contributed by atoms with Crippen molar-refractivity contribution in [3.63, 3.8) is 0 Å². The van der Waals surface area contributed by atoms with Gasteiger partial charge in [0.15, 0.2) is 5.60 Å². The Bertz CT molecular complexity index is 2920. The van der Waals surface area contributed by atoms with E-state index >= 15 is 0 Å². The summed E-state index contributed by atoms with van der Waals surface area (Å²) in [6, 6.07) is 35.4. The van der Waals surface area contributed by atoms with Crippen molar-refractivity contribution in [2.24, 2.45) is 4.99 Å². The van der Waals surface area contributed by atoms with Crippen LogP contribution < -0.4 is 0 Å². The maximum absolute atomic E-state index is 9.70. The zero-order valence-electron chi connectivity index (χ0n) is 38.2. The normalized spacial score (nSPS) is 20.3. The van der Waals surface area contributed by atoms with Gasteiger partial charge in [0, 0.05) is 48.5 Å². The zero-order chi connectivity index (χ0) is 42.8. The fourth-order valence-corrected chi connectivity index (χ4v) is 9.35. The van der Waals surface area contributed by atoms with Crippen LogP contribution in [0.5, 0.6) is 0 Å². The van der Waals surface area contributed by atoms with Crippen LogP contribution in [0.15, 0.2) is 108 Å². The Kier molecular flexibility index (Phi) is 8.16. The van der Waals surface area contributed by atoms with Crippen molar-refractivity contribution in [1.29, 1.82) is 0 Å². The zero-order valence-corrected chi connectivity index (χ0v) is 36.2. The molecular formula is C54H57N3O. The van der Waals surface area contributed by atoms with Gasteiger partial charge in [-0.2, -0.15) is 0 Å². The van der Waals surface area contributed by atoms with Gasteiger partial charge in [-0.15, -0.1) is 0 Å². The van der Waals surface area contributed by atoms with Gasteiger partial charge in [-0.05, 0) is 145 Å². The molecule has 0 saturated heterocycles. The highest BCUT2D eigenvalue weighted by molar-refractivity contribution is 6.11. The number of benzene rings is 5. The highest BCUT2D eigenvalue weighted by atomic mass is 16.5. The maximum Gasteiger partial charge on any atom is 0.217 e. The van der Waals surface area contributed by atoms with E-state index in [0.717, 1.165) is 55.8 Å². The standard InChI is InChI=1S/C54H57N3O/c1-31(2)41-14-13-15-42(32(3)4)50(41)37-25-38(51-56-53(11)30-45-35(7)34(6)17-20-46(45)54(53,12)58-51)27-40(26-37)57-48-21-16-33(5)24-44(48)43-19-18-36(28-49(43)57)47-29-39(22-23-55-47)52(8,9)10/h13-29,31-32H,30H2,1-12H3/t53-,54+/m1/s1/i30D2. The lowest BCUT2D eigenvalue weighted by Gasteiger charge is -2.31. The van der Waals surface area contributed by atoms with E-state index in [9.17, 15) is 2.74 Å². The molecule has 9 rings (SSSR count). The number of aromatic nitrogens is 2. The molecule has 2 aliphatic rings. The molecule has 0 amide bonds. The molecule has 2 atom stereocenters. The third-order valence-electron chi connectivity index (χ3n) is 13.1. The van der Waals surface area contributed by atoms with Gasteiger partial charge >= 0.3 is 0 Å². The summed E-state index contributed by atoms with van der Waals surface area (Å²) in [6.07, 6.45) is 0.166. The predicted molar refractivity (Wildman–Crippen MR) is 244 cm³/mol. The molecule has 0 spiro atoms. The van der Waals surface area contributed by atoms with Crippen LogP contribution in [0.3, 0.4) is 0 Å². The number of aliphatic imine (C=N–C) groups is 1. The Balaban J connectivity index is 1.34. The fraction of sp³-hybridized carbons (Fsp3) is 0.333. The predicted octanol–water partition coefficient (Wildman–Crippen LogP) is 14.0. The molecule has 1 aliphatic heterocycles. The second-order valence-corrected chi connectivity index (χ2v) is 18.8. The summed E-state index contributed by atoms with van der Waals surface area (Å²) < 4.78 is 28.9. The molecule has 1 aliphatic carbocycles. The second kappa shape index (κ2) is 13.3. The number of nitrogens with zero attached hydrogens (tertiary/aromatic N) is 3. The topological polar surface area (TPSA) is 39.4 Å². The first-order valence-corrected chi connectivity index (χ1v) is 21.0. The molecule has 3 heterocycles. The molecule has 0 unspecified atom stereocenters. The minimum absolute atomic E-state index is 0.0106. The van der Waals surface area contributed by atoms with E-state index in [1.165, 1.54) is 38.6 Å². The molecule has 2 aromatic heterocycles. The Labute approximate surface area is 347 Å². The summed E-state index contributed by atoms with van der Waals surface area (Å²) in [4.78, 5) is 10.2. The van der Waals surface area contributed by atoms with Gasteiger partial charge in [0.1, 0.15) is 5.54 Å². The van der Waals surface area contributed by atoms with Gasteiger partial charge < -0.3 is 9.30 Å². The quantitative estimate of drug-likeness (QED) is 0.169. The van der Waals surface area contributed by atoms with Crippen LogP contribution in [-0.4, -0.2) is 21.0 Å². The Hall–Kier alpha value is -5.48. The number of hydrogen-bond donors (Lipinski definition) is 0. The molecular weight excluding hydrogens is 707 g/mol. The number of aryl methyl sites for hydroxylation is 2. The van der Waals surface area contributed by atoms with Crippen LogP contribution >= 0.6 is 0 Å². The van der Waals surface area contributed by atoms with Crippen molar-refractivity contribution in [3.05, 3.63) is 153 Å². The highest BCUT2D eigenvalue weighted by Gasteiger charge is 2.59. The lowest BCUT2D eigenvalue weighted by atomic mass is 9.84. The SMILES string of the molecule is [2H]C1([2H])c2c(ccc(C)c2C)[C@]2(C)OC(c3cc(-c4c(C(C)C)cccc4C(C)C)cc(-n4c5ccc(C)cc5c5ccc(-c6cc(C(C)(C)C)ccn6)cc54)c3)=N[C@]12C. The van der Waals surface area contributed by atoms with E-state index < -0.39 is 17.5 Å². The number of rotatable bonds is 6. The molecule has 0 saturated carbocycles. The summed E-state index contributed by atoms with van der Waals surface area (Å²) in [7, 11) is 0. The number of fused-ring (bicyclic) bond motifs is 6. The van der Waals surface area contributed by atoms with Gasteiger partial charge in [-0.25, -0.2) is 4.99 Å². The number of pyridine rings is 1. The van der Waals surface area contributed by atoms with Crippen molar-refractivity contribution in [2.75, 3.05) is 0 Å². The van der Waals surface area contributed by atoms with Crippen molar-refractivity contribution >= 4 is 27.7 Å². The van der Waals surface area contributed by atoms with Crippen molar-refractivity contribution < 1.29 is 7.48 Å². The molecule has 0 N–H and O–H groups in total. The molecule has 7 aromatic rings. The Morgan fingerprint density at radius 1 is 0.741 bits per heavy atom. The smallest absolute Gasteiger partial charge is 0.217 e. The third kappa shape index (κ3) is 5.85. The molecule has 294 valence electrons. The first-order valence-electron chi connectivity index (χ1n) is 22.0. The summed E-state index contributed by atoms with van der Waals surface area (Å²) in [5, 5.41) is 2.35.